The number of carboxylic acid groups (broad SMARTS) is 1. The number of carbonyl (C=O) groups is 2. The maximum Gasteiger partial charge on any atom is 0.326 e. The van der Waals surface area contributed by atoms with E-state index in [1.54, 1.807) is 12.1 Å². The number of nitrogens with one attached hydrogen (secondary N) is 1. The van der Waals surface area contributed by atoms with E-state index in [9.17, 15) is 19.1 Å². The molecule has 1 unspecified atom stereocenters. The van der Waals surface area contributed by atoms with Gasteiger partial charge in [-0.1, -0.05) is 52.7 Å². The zero-order valence-corrected chi connectivity index (χ0v) is 22.2. The highest BCUT2D eigenvalue weighted by atomic mass is 35.5. The third-order valence-electron chi connectivity index (χ3n) is 6.33. The van der Waals surface area contributed by atoms with Crippen molar-refractivity contribution in [3.8, 4) is 34.2 Å². The summed E-state index contributed by atoms with van der Waals surface area (Å²) in [5, 5.41) is 16.6. The summed E-state index contributed by atoms with van der Waals surface area (Å²) >= 11 is 5.79. The van der Waals surface area contributed by atoms with E-state index in [1.807, 2.05) is 44.2 Å². The highest BCUT2D eigenvalue weighted by molar-refractivity contribution is 6.30. The second-order valence-corrected chi connectivity index (χ2v) is 9.73. The number of furan rings is 1. The highest BCUT2D eigenvalue weighted by Gasteiger charge is 2.24. The molecule has 1 amide bonds. The molecule has 0 aliphatic rings. The third-order valence-corrected chi connectivity index (χ3v) is 6.56. The number of amides is 1. The number of carboxylic acids is 1. The number of benzene rings is 3. The van der Waals surface area contributed by atoms with Crippen molar-refractivity contribution in [2.24, 2.45) is 0 Å². The first kappa shape index (κ1) is 26.8. The zero-order valence-electron chi connectivity index (χ0n) is 21.4. The van der Waals surface area contributed by atoms with Gasteiger partial charge in [0.15, 0.2) is 5.76 Å². The average Bonchev–Trinajstić information content (AvgIpc) is 3.60. The molecule has 10 heteroatoms. The second kappa shape index (κ2) is 11.2. The van der Waals surface area contributed by atoms with Crippen molar-refractivity contribution >= 4 is 23.5 Å². The monoisotopic (exact) mass is 559 g/mol. The van der Waals surface area contributed by atoms with Crippen molar-refractivity contribution in [2.75, 3.05) is 0 Å². The second-order valence-electron chi connectivity index (χ2n) is 9.29. The molecule has 5 rings (SSSR count). The van der Waals surface area contributed by atoms with Crippen LogP contribution in [0.25, 0.3) is 34.2 Å². The van der Waals surface area contributed by atoms with E-state index in [2.05, 4.69) is 15.5 Å². The average molecular weight is 560 g/mol. The van der Waals surface area contributed by atoms with Crippen molar-refractivity contribution < 1.29 is 28.0 Å². The highest BCUT2D eigenvalue weighted by Crippen LogP contribution is 2.28. The molecule has 0 bridgehead atoms. The fraction of sp³-hybridized carbons (Fsp3) is 0.133. The number of aryl methyl sites for hydroxylation is 2. The van der Waals surface area contributed by atoms with Crippen LogP contribution >= 0.6 is 11.6 Å². The lowest BCUT2D eigenvalue weighted by atomic mass is 9.99. The summed E-state index contributed by atoms with van der Waals surface area (Å²) in [6.45, 7) is 3.85. The molecule has 40 heavy (non-hydrogen) atoms. The minimum atomic E-state index is -1.24. The first-order valence-corrected chi connectivity index (χ1v) is 12.7. The van der Waals surface area contributed by atoms with Crippen LogP contribution in [0.2, 0.25) is 5.02 Å². The largest absolute Gasteiger partial charge is 0.480 e. The smallest absolute Gasteiger partial charge is 0.326 e. The predicted molar refractivity (Wildman–Crippen MR) is 146 cm³/mol. The van der Waals surface area contributed by atoms with Crippen LogP contribution in [0.5, 0.6) is 0 Å². The quantitative estimate of drug-likeness (QED) is 0.223. The number of aromatic nitrogens is 2. The van der Waals surface area contributed by atoms with Gasteiger partial charge in [0.05, 0.1) is 5.56 Å². The molecule has 0 fully saturated rings. The zero-order chi connectivity index (χ0) is 28.4. The van der Waals surface area contributed by atoms with Gasteiger partial charge in [0.25, 0.3) is 11.8 Å². The maximum atomic E-state index is 14.2. The number of hydrogen-bond acceptors (Lipinski definition) is 6. The Morgan fingerprint density at radius 1 is 1.00 bits per heavy atom. The molecule has 2 aromatic heterocycles. The summed E-state index contributed by atoms with van der Waals surface area (Å²) in [5.41, 5.74) is 4.28. The summed E-state index contributed by atoms with van der Waals surface area (Å²) in [6.07, 6.45) is 0.0163. The molecule has 8 nitrogen and oxygen atoms in total. The Labute approximate surface area is 233 Å². The maximum absolute atomic E-state index is 14.2. The van der Waals surface area contributed by atoms with E-state index < -0.39 is 23.7 Å². The Morgan fingerprint density at radius 3 is 2.45 bits per heavy atom. The van der Waals surface area contributed by atoms with Crippen molar-refractivity contribution in [3.63, 3.8) is 0 Å². The number of rotatable bonds is 8. The Kier molecular flexibility index (Phi) is 7.48. The van der Waals surface area contributed by atoms with Gasteiger partial charge < -0.3 is 19.4 Å². The Hall–Kier alpha value is -4.76. The van der Waals surface area contributed by atoms with Crippen LogP contribution in [0.15, 0.2) is 81.7 Å². The van der Waals surface area contributed by atoms with Crippen molar-refractivity contribution in [1.82, 2.24) is 15.5 Å². The fourth-order valence-electron chi connectivity index (χ4n) is 4.21. The van der Waals surface area contributed by atoms with Crippen molar-refractivity contribution in [3.05, 3.63) is 106 Å². The number of carbonyl (C=O) groups excluding carboxylic acids is 1. The van der Waals surface area contributed by atoms with Crippen LogP contribution < -0.4 is 5.32 Å². The molecule has 0 radical (unpaired) electrons. The minimum absolute atomic E-state index is 0.0163. The third kappa shape index (κ3) is 5.79. The van der Waals surface area contributed by atoms with Crippen molar-refractivity contribution in [2.45, 2.75) is 26.3 Å². The minimum Gasteiger partial charge on any atom is -0.480 e. The Morgan fingerprint density at radius 2 is 1.75 bits per heavy atom. The van der Waals surface area contributed by atoms with Gasteiger partial charge in [-0.3, -0.25) is 4.79 Å². The van der Waals surface area contributed by atoms with Crippen LogP contribution in [0.3, 0.4) is 0 Å². The first-order chi connectivity index (χ1) is 19.2. The van der Waals surface area contributed by atoms with Gasteiger partial charge in [0.2, 0.25) is 5.82 Å². The van der Waals surface area contributed by atoms with E-state index in [4.69, 9.17) is 20.5 Å². The Balaban J connectivity index is 1.29. The van der Waals surface area contributed by atoms with Gasteiger partial charge in [-0.15, -0.1) is 0 Å². The number of nitrogens with zero attached hydrogens (tertiary/aromatic N) is 2. The van der Waals surface area contributed by atoms with Gasteiger partial charge in [-0.2, -0.15) is 4.98 Å². The standard InChI is InChI=1S/C30H23ClFN3O5/c1-16-3-6-19(7-4-16)29-34-27(35-40-29)21-9-5-18(13-17(21)2)14-24(30(37)38)33-28(36)26-12-11-25(39-26)22-10-8-20(31)15-23(22)32/h3-13,15,24H,14H2,1-2H3,(H,33,36)(H,37,38). The summed E-state index contributed by atoms with van der Waals surface area (Å²) in [5.74, 6) is -1.79. The lowest BCUT2D eigenvalue weighted by molar-refractivity contribution is -0.139. The number of hydrogen-bond donors (Lipinski definition) is 2. The SMILES string of the molecule is Cc1ccc(-c2nc(-c3ccc(CC(NC(=O)c4ccc(-c5ccc(Cl)cc5F)o4)C(=O)O)cc3C)no2)cc1. The summed E-state index contributed by atoms with van der Waals surface area (Å²) < 4.78 is 25.2. The molecule has 0 saturated carbocycles. The summed E-state index contributed by atoms with van der Waals surface area (Å²) in [6, 6.07) is 18.7. The van der Waals surface area contributed by atoms with Gasteiger partial charge in [-0.25, -0.2) is 9.18 Å². The van der Waals surface area contributed by atoms with E-state index in [-0.39, 0.29) is 28.5 Å². The van der Waals surface area contributed by atoms with Gasteiger partial charge in [0, 0.05) is 22.6 Å². The van der Waals surface area contributed by atoms with Crippen LogP contribution in [0.4, 0.5) is 4.39 Å². The summed E-state index contributed by atoms with van der Waals surface area (Å²) in [7, 11) is 0. The van der Waals surface area contributed by atoms with E-state index in [0.717, 1.165) is 28.3 Å². The Bertz CT molecular complexity index is 1710. The number of halogens is 2. The lowest BCUT2D eigenvalue weighted by Gasteiger charge is -2.15. The fourth-order valence-corrected chi connectivity index (χ4v) is 4.37. The van der Waals surface area contributed by atoms with Gasteiger partial charge >= 0.3 is 5.97 Å². The molecule has 2 heterocycles. The molecule has 3 aromatic carbocycles. The molecule has 0 aliphatic heterocycles. The number of aliphatic carboxylic acids is 1. The van der Waals surface area contributed by atoms with Crippen LogP contribution in [-0.4, -0.2) is 33.2 Å². The normalized spacial score (nSPS) is 11.8. The van der Waals surface area contributed by atoms with Crippen molar-refractivity contribution in [1.29, 1.82) is 0 Å². The topological polar surface area (TPSA) is 118 Å². The van der Waals surface area contributed by atoms with E-state index >= 15 is 0 Å². The van der Waals surface area contributed by atoms with Crippen LogP contribution in [0.1, 0.15) is 27.2 Å². The van der Waals surface area contributed by atoms with Gasteiger partial charge in [0.1, 0.15) is 17.6 Å². The predicted octanol–water partition coefficient (Wildman–Crippen LogP) is 6.50. The molecule has 1 atom stereocenters. The molecular formula is C30H23ClFN3O5. The molecule has 0 aliphatic carbocycles. The lowest BCUT2D eigenvalue weighted by Crippen LogP contribution is -2.42. The van der Waals surface area contributed by atoms with Crippen LogP contribution in [0, 0.1) is 19.7 Å². The molecule has 0 saturated heterocycles. The molecule has 2 N–H and O–H groups in total. The van der Waals surface area contributed by atoms with Gasteiger partial charge in [-0.05, 0) is 67.4 Å². The summed E-state index contributed by atoms with van der Waals surface area (Å²) in [4.78, 5) is 29.2. The van der Waals surface area contributed by atoms with E-state index in [0.29, 0.717) is 17.3 Å². The van der Waals surface area contributed by atoms with Crippen LogP contribution in [-0.2, 0) is 11.2 Å². The molecule has 5 aromatic rings. The van der Waals surface area contributed by atoms with E-state index in [1.165, 1.54) is 24.3 Å². The molecule has 202 valence electrons. The molecular weight excluding hydrogens is 537 g/mol. The first-order valence-electron chi connectivity index (χ1n) is 12.3. The molecule has 0 spiro atoms.